The van der Waals surface area contributed by atoms with E-state index in [0.717, 1.165) is 0 Å². The molecule has 3 amide bonds. The molecule has 13 heavy (non-hydrogen) atoms. The molecule has 5 heteroatoms. The molecule has 0 aliphatic carbocycles. The Hall–Kier alpha value is -1.10. The topological polar surface area (TPSA) is 75.4 Å². The van der Waals surface area contributed by atoms with E-state index >= 15 is 0 Å². The first kappa shape index (κ1) is 9.98. The first-order chi connectivity index (χ1) is 6.02. The van der Waals surface area contributed by atoms with Crippen LogP contribution >= 0.6 is 0 Å². The van der Waals surface area contributed by atoms with E-state index in [1.165, 1.54) is 4.90 Å². The Balaban J connectivity index is 2.52. The van der Waals surface area contributed by atoms with E-state index in [4.69, 9.17) is 5.73 Å². The number of hydrogen-bond donors (Lipinski definition) is 2. The van der Waals surface area contributed by atoms with Gasteiger partial charge in [0.25, 0.3) is 0 Å². The molecular weight excluding hydrogens is 170 g/mol. The van der Waals surface area contributed by atoms with Crippen LogP contribution in [0.25, 0.3) is 0 Å². The van der Waals surface area contributed by atoms with Gasteiger partial charge in [-0.2, -0.15) is 0 Å². The largest absolute Gasteiger partial charge is 0.329 e. The molecule has 1 fully saturated rings. The molecule has 0 bridgehead atoms. The molecule has 3 N–H and O–H groups in total. The van der Waals surface area contributed by atoms with Crippen molar-refractivity contribution in [3.05, 3.63) is 0 Å². The highest BCUT2D eigenvalue weighted by Gasteiger charge is 2.30. The minimum absolute atomic E-state index is 0.101. The molecule has 1 unspecified atom stereocenters. The standard InChI is InChI=1S/C8H15N3O2/c1-5(2)6(9)4-11-7(12)3-10-8(11)13/h5-6H,3-4,9H2,1-2H3,(H,10,13). The summed E-state index contributed by atoms with van der Waals surface area (Å²) in [5, 5.41) is 2.45. The Bertz CT molecular complexity index is 211. The van der Waals surface area contributed by atoms with Gasteiger partial charge in [0.2, 0.25) is 5.91 Å². The van der Waals surface area contributed by atoms with Crippen molar-refractivity contribution in [2.45, 2.75) is 19.9 Å². The van der Waals surface area contributed by atoms with Crippen LogP contribution in [-0.4, -0.2) is 36.0 Å². The zero-order chi connectivity index (χ0) is 10.0. The third-order valence-electron chi connectivity index (χ3n) is 2.19. The van der Waals surface area contributed by atoms with Crippen molar-refractivity contribution < 1.29 is 9.59 Å². The minimum atomic E-state index is -0.332. The molecule has 1 aliphatic heterocycles. The molecule has 5 nitrogen and oxygen atoms in total. The quantitative estimate of drug-likeness (QED) is 0.583. The van der Waals surface area contributed by atoms with E-state index < -0.39 is 0 Å². The second kappa shape index (κ2) is 3.74. The third-order valence-corrected chi connectivity index (χ3v) is 2.19. The fourth-order valence-electron chi connectivity index (χ4n) is 1.06. The number of urea groups is 1. The lowest BCUT2D eigenvalue weighted by Gasteiger charge is -2.20. The smallest absolute Gasteiger partial charge is 0.324 e. The van der Waals surface area contributed by atoms with Crippen LogP contribution in [0.1, 0.15) is 13.8 Å². The zero-order valence-electron chi connectivity index (χ0n) is 7.91. The number of amides is 3. The predicted molar refractivity (Wildman–Crippen MR) is 47.9 cm³/mol. The number of carbonyl (C=O) groups excluding carboxylic acids is 2. The number of rotatable bonds is 3. The van der Waals surface area contributed by atoms with Gasteiger partial charge in [-0.25, -0.2) is 4.79 Å². The molecule has 0 radical (unpaired) electrons. The van der Waals surface area contributed by atoms with Crippen molar-refractivity contribution in [1.29, 1.82) is 0 Å². The highest BCUT2D eigenvalue weighted by atomic mass is 16.2. The second-order valence-electron chi connectivity index (χ2n) is 3.57. The average molecular weight is 185 g/mol. The molecule has 1 aliphatic rings. The van der Waals surface area contributed by atoms with Crippen LogP contribution in [0.5, 0.6) is 0 Å². The Labute approximate surface area is 77.3 Å². The van der Waals surface area contributed by atoms with Crippen molar-refractivity contribution in [2.75, 3.05) is 13.1 Å². The van der Waals surface area contributed by atoms with E-state index in [1.54, 1.807) is 0 Å². The summed E-state index contributed by atoms with van der Waals surface area (Å²) in [7, 11) is 0. The van der Waals surface area contributed by atoms with E-state index in [2.05, 4.69) is 5.32 Å². The fraction of sp³-hybridized carbons (Fsp3) is 0.750. The number of hydrogen-bond acceptors (Lipinski definition) is 3. The summed E-state index contributed by atoms with van der Waals surface area (Å²) in [6.45, 7) is 4.33. The summed E-state index contributed by atoms with van der Waals surface area (Å²) in [6, 6.07) is -0.478. The van der Waals surface area contributed by atoms with Crippen LogP contribution in [-0.2, 0) is 4.79 Å². The lowest BCUT2D eigenvalue weighted by Crippen LogP contribution is -2.43. The first-order valence-corrected chi connectivity index (χ1v) is 4.36. The van der Waals surface area contributed by atoms with Crippen LogP contribution in [0.3, 0.4) is 0 Å². The summed E-state index contributed by atoms with van der Waals surface area (Å²) in [6.07, 6.45) is 0. The monoisotopic (exact) mass is 185 g/mol. The average Bonchev–Trinajstić information content (AvgIpc) is 2.35. The summed E-state index contributed by atoms with van der Waals surface area (Å²) in [5.41, 5.74) is 5.75. The van der Waals surface area contributed by atoms with Crippen molar-refractivity contribution in [3.63, 3.8) is 0 Å². The molecule has 0 aromatic carbocycles. The molecule has 1 saturated heterocycles. The van der Waals surface area contributed by atoms with E-state index in [1.807, 2.05) is 13.8 Å². The Morgan fingerprint density at radius 1 is 1.54 bits per heavy atom. The highest BCUT2D eigenvalue weighted by Crippen LogP contribution is 2.05. The van der Waals surface area contributed by atoms with Crippen molar-refractivity contribution in [2.24, 2.45) is 11.7 Å². The Morgan fingerprint density at radius 3 is 2.54 bits per heavy atom. The SMILES string of the molecule is CC(C)C(N)CN1C(=O)CNC1=O. The Kier molecular flexibility index (Phi) is 2.87. The number of nitrogens with one attached hydrogen (secondary N) is 1. The zero-order valence-corrected chi connectivity index (χ0v) is 7.91. The van der Waals surface area contributed by atoms with Gasteiger partial charge >= 0.3 is 6.03 Å². The maximum absolute atomic E-state index is 11.1. The summed E-state index contributed by atoms with van der Waals surface area (Å²) in [4.78, 5) is 23.4. The van der Waals surface area contributed by atoms with Gasteiger partial charge in [0.15, 0.2) is 0 Å². The van der Waals surface area contributed by atoms with Crippen LogP contribution in [0.4, 0.5) is 4.79 Å². The molecule has 0 saturated carbocycles. The maximum Gasteiger partial charge on any atom is 0.324 e. The first-order valence-electron chi connectivity index (χ1n) is 4.36. The molecule has 74 valence electrons. The molecule has 0 spiro atoms. The molecule has 1 atom stereocenters. The fourth-order valence-corrected chi connectivity index (χ4v) is 1.06. The molecule has 0 aromatic heterocycles. The van der Waals surface area contributed by atoms with Crippen molar-refractivity contribution >= 4 is 11.9 Å². The van der Waals surface area contributed by atoms with Crippen molar-refractivity contribution in [1.82, 2.24) is 10.2 Å². The second-order valence-corrected chi connectivity index (χ2v) is 3.57. The Morgan fingerprint density at radius 2 is 2.15 bits per heavy atom. The van der Waals surface area contributed by atoms with Gasteiger partial charge in [-0.05, 0) is 5.92 Å². The van der Waals surface area contributed by atoms with E-state index in [9.17, 15) is 9.59 Å². The van der Waals surface area contributed by atoms with Crippen molar-refractivity contribution in [3.8, 4) is 0 Å². The van der Waals surface area contributed by atoms with Gasteiger partial charge < -0.3 is 11.1 Å². The normalized spacial score (nSPS) is 19.5. The highest BCUT2D eigenvalue weighted by molar-refractivity contribution is 6.01. The van der Waals surface area contributed by atoms with Gasteiger partial charge in [-0.3, -0.25) is 9.69 Å². The summed E-state index contributed by atoms with van der Waals surface area (Å²) in [5.74, 6) is 0.0716. The molecule has 0 aromatic rings. The number of carbonyl (C=O) groups is 2. The van der Waals surface area contributed by atoms with Gasteiger partial charge in [0, 0.05) is 12.6 Å². The van der Waals surface area contributed by atoms with Crippen LogP contribution < -0.4 is 11.1 Å². The summed E-state index contributed by atoms with van der Waals surface area (Å²) >= 11 is 0. The van der Waals surface area contributed by atoms with E-state index in [-0.39, 0.29) is 30.4 Å². The van der Waals surface area contributed by atoms with Gasteiger partial charge in [0.05, 0.1) is 6.54 Å². The molecule has 1 heterocycles. The van der Waals surface area contributed by atoms with Crippen LogP contribution in [0.2, 0.25) is 0 Å². The predicted octanol–water partition coefficient (Wildman–Crippen LogP) is -0.478. The lowest BCUT2D eigenvalue weighted by atomic mass is 10.1. The van der Waals surface area contributed by atoms with E-state index in [0.29, 0.717) is 6.54 Å². The van der Waals surface area contributed by atoms with Gasteiger partial charge in [-0.1, -0.05) is 13.8 Å². The van der Waals surface area contributed by atoms with Crippen LogP contribution in [0, 0.1) is 5.92 Å². The molecule has 1 rings (SSSR count). The molecular formula is C8H15N3O2. The van der Waals surface area contributed by atoms with Gasteiger partial charge in [0.1, 0.15) is 0 Å². The minimum Gasteiger partial charge on any atom is -0.329 e. The van der Waals surface area contributed by atoms with Gasteiger partial charge in [-0.15, -0.1) is 0 Å². The number of imide groups is 1. The van der Waals surface area contributed by atoms with Crippen LogP contribution in [0.15, 0.2) is 0 Å². The number of nitrogens with two attached hydrogens (primary N) is 1. The lowest BCUT2D eigenvalue weighted by molar-refractivity contribution is -0.125. The number of nitrogens with zero attached hydrogens (tertiary/aromatic N) is 1. The summed E-state index contributed by atoms with van der Waals surface area (Å²) < 4.78 is 0. The maximum atomic E-state index is 11.1. The third kappa shape index (κ3) is 2.18.